The summed E-state index contributed by atoms with van der Waals surface area (Å²) in [5, 5.41) is 0. The van der Waals surface area contributed by atoms with Crippen LogP contribution in [0.2, 0.25) is 0 Å². The molecule has 0 saturated carbocycles. The molecule has 1 N–H and O–H groups in total. The molecule has 2 rings (SSSR count). The molecule has 0 atom stereocenters. The summed E-state index contributed by atoms with van der Waals surface area (Å²) in [5.74, 6) is 0.140. The number of piperazine rings is 1. The number of hydrogen-bond acceptors (Lipinski definition) is 4. The van der Waals surface area contributed by atoms with Crippen LogP contribution in [0.25, 0.3) is 0 Å². The van der Waals surface area contributed by atoms with E-state index < -0.39 is 0 Å². The third-order valence-corrected chi connectivity index (χ3v) is 4.58. The average Bonchev–Trinajstić information content (AvgIpc) is 2.95. The average molecular weight is 363 g/mol. The quantitative estimate of drug-likeness (QED) is 0.815. The lowest BCUT2D eigenvalue weighted by atomic mass is 10.0. The first kappa shape index (κ1) is 20.0. The Morgan fingerprint density at radius 2 is 1.69 bits per heavy atom. The van der Waals surface area contributed by atoms with E-state index in [1.807, 2.05) is 27.7 Å². The summed E-state index contributed by atoms with van der Waals surface area (Å²) >= 11 is 0. The van der Waals surface area contributed by atoms with Crippen LogP contribution < -0.4 is 0 Å². The molecule has 7 nitrogen and oxygen atoms in total. The number of amides is 2. The summed E-state index contributed by atoms with van der Waals surface area (Å²) in [6.45, 7) is 11.4. The van der Waals surface area contributed by atoms with Crippen LogP contribution in [-0.2, 0) is 11.2 Å². The number of nitrogens with one attached hydrogen (secondary N) is 1. The number of H-pyrrole nitrogens is 1. The number of ether oxygens (including phenoxy) is 1. The Balaban J connectivity index is 2.04. The SMILES string of the molecule is CCc1c(C(=O)N2CCN(C(=O)OCC(C)C)CC2)[nH]c(C)c1C(C)=O. The van der Waals surface area contributed by atoms with Crippen molar-refractivity contribution in [3.8, 4) is 0 Å². The maximum Gasteiger partial charge on any atom is 0.409 e. The number of carbonyl (C=O) groups is 3. The summed E-state index contributed by atoms with van der Waals surface area (Å²) in [6, 6.07) is 0. The number of aromatic amines is 1. The standard InChI is InChI=1S/C19H29N3O4/c1-6-15-16(14(5)23)13(4)20-17(15)18(24)21-7-9-22(10-8-21)19(25)26-11-12(2)3/h12,20H,6-11H2,1-5H3. The van der Waals surface area contributed by atoms with E-state index in [0.29, 0.717) is 56.4 Å². The van der Waals surface area contributed by atoms with Crippen LogP contribution >= 0.6 is 0 Å². The number of nitrogens with zero attached hydrogens (tertiary/aromatic N) is 2. The highest BCUT2D eigenvalue weighted by Gasteiger charge is 2.29. The normalized spacial score (nSPS) is 14.7. The molecule has 7 heteroatoms. The zero-order valence-electron chi connectivity index (χ0n) is 16.3. The molecule has 2 amide bonds. The van der Waals surface area contributed by atoms with Gasteiger partial charge >= 0.3 is 6.09 Å². The van der Waals surface area contributed by atoms with Crippen molar-refractivity contribution < 1.29 is 19.1 Å². The molecule has 0 unspecified atom stereocenters. The number of aromatic nitrogens is 1. The molecule has 0 aliphatic carbocycles. The minimum atomic E-state index is -0.324. The molecule has 0 bridgehead atoms. The maximum absolute atomic E-state index is 12.9. The fourth-order valence-corrected chi connectivity index (χ4v) is 3.27. The van der Waals surface area contributed by atoms with Gasteiger partial charge in [0.1, 0.15) is 5.69 Å². The van der Waals surface area contributed by atoms with E-state index >= 15 is 0 Å². The van der Waals surface area contributed by atoms with Crippen molar-refractivity contribution >= 4 is 17.8 Å². The van der Waals surface area contributed by atoms with E-state index in [2.05, 4.69) is 4.98 Å². The van der Waals surface area contributed by atoms with E-state index in [4.69, 9.17) is 4.74 Å². The van der Waals surface area contributed by atoms with Gasteiger partial charge in [0.05, 0.1) is 6.61 Å². The molecule has 0 radical (unpaired) electrons. The fraction of sp³-hybridized carbons (Fsp3) is 0.632. The molecule has 144 valence electrons. The highest BCUT2D eigenvalue weighted by molar-refractivity contribution is 6.02. The molecule has 0 spiro atoms. The molecule has 1 aromatic rings. The van der Waals surface area contributed by atoms with E-state index in [9.17, 15) is 14.4 Å². The summed E-state index contributed by atoms with van der Waals surface area (Å²) in [7, 11) is 0. The van der Waals surface area contributed by atoms with Crippen molar-refractivity contribution in [1.82, 2.24) is 14.8 Å². The van der Waals surface area contributed by atoms with Gasteiger partial charge in [0.25, 0.3) is 5.91 Å². The van der Waals surface area contributed by atoms with Gasteiger partial charge in [-0.3, -0.25) is 9.59 Å². The number of carbonyl (C=O) groups excluding carboxylic acids is 3. The largest absolute Gasteiger partial charge is 0.449 e. The van der Waals surface area contributed by atoms with Gasteiger partial charge < -0.3 is 19.5 Å². The van der Waals surface area contributed by atoms with E-state index in [0.717, 1.165) is 11.3 Å². The molecule has 1 aromatic heterocycles. The maximum atomic E-state index is 12.9. The van der Waals surface area contributed by atoms with Crippen molar-refractivity contribution in [2.45, 2.75) is 41.0 Å². The Hall–Kier alpha value is -2.31. The van der Waals surface area contributed by atoms with E-state index in [1.165, 1.54) is 6.92 Å². The molecule has 1 aliphatic rings. The topological polar surface area (TPSA) is 82.7 Å². The van der Waals surface area contributed by atoms with Crippen LogP contribution in [0.1, 0.15) is 59.8 Å². The number of hydrogen-bond donors (Lipinski definition) is 1. The van der Waals surface area contributed by atoms with Gasteiger partial charge in [0.15, 0.2) is 5.78 Å². The van der Waals surface area contributed by atoms with Gasteiger partial charge in [0, 0.05) is 37.4 Å². The minimum absolute atomic E-state index is 0.0348. The molecule has 2 heterocycles. The summed E-state index contributed by atoms with van der Waals surface area (Å²) in [4.78, 5) is 43.3. The van der Waals surface area contributed by atoms with Crippen LogP contribution in [0.3, 0.4) is 0 Å². The zero-order chi connectivity index (χ0) is 19.4. The van der Waals surface area contributed by atoms with Crippen LogP contribution in [0, 0.1) is 12.8 Å². The Bertz CT molecular complexity index is 685. The number of rotatable bonds is 5. The molecule has 0 aromatic carbocycles. The number of aryl methyl sites for hydroxylation is 1. The Kier molecular flexibility index (Phi) is 6.45. The first-order chi connectivity index (χ1) is 12.3. The Morgan fingerprint density at radius 1 is 1.12 bits per heavy atom. The van der Waals surface area contributed by atoms with Crippen LogP contribution in [0.5, 0.6) is 0 Å². The molecule has 1 aliphatic heterocycles. The van der Waals surface area contributed by atoms with Crippen LogP contribution in [-0.4, -0.2) is 65.4 Å². The van der Waals surface area contributed by atoms with E-state index in [-0.39, 0.29) is 17.8 Å². The molecular formula is C19H29N3O4. The van der Waals surface area contributed by atoms with Crippen molar-refractivity contribution in [3.05, 3.63) is 22.5 Å². The predicted octanol–water partition coefficient (Wildman–Crippen LogP) is 2.64. The lowest BCUT2D eigenvalue weighted by Gasteiger charge is -2.34. The van der Waals surface area contributed by atoms with Crippen molar-refractivity contribution in [1.29, 1.82) is 0 Å². The lowest BCUT2D eigenvalue weighted by Crippen LogP contribution is -2.51. The second kappa shape index (κ2) is 8.38. The van der Waals surface area contributed by atoms with Crippen molar-refractivity contribution in [2.24, 2.45) is 5.92 Å². The lowest BCUT2D eigenvalue weighted by molar-refractivity contribution is 0.0531. The van der Waals surface area contributed by atoms with Gasteiger partial charge in [-0.25, -0.2) is 4.79 Å². The van der Waals surface area contributed by atoms with Gasteiger partial charge in [-0.2, -0.15) is 0 Å². The fourth-order valence-electron chi connectivity index (χ4n) is 3.27. The monoisotopic (exact) mass is 363 g/mol. The first-order valence-electron chi connectivity index (χ1n) is 9.19. The van der Waals surface area contributed by atoms with Crippen molar-refractivity contribution in [3.63, 3.8) is 0 Å². The molecule has 1 saturated heterocycles. The van der Waals surface area contributed by atoms with Crippen molar-refractivity contribution in [2.75, 3.05) is 32.8 Å². The third kappa shape index (κ3) is 4.26. The highest BCUT2D eigenvalue weighted by atomic mass is 16.6. The minimum Gasteiger partial charge on any atom is -0.449 e. The Labute approximate surface area is 154 Å². The van der Waals surface area contributed by atoms with Gasteiger partial charge in [0.2, 0.25) is 0 Å². The summed E-state index contributed by atoms with van der Waals surface area (Å²) in [6.07, 6.45) is 0.288. The van der Waals surface area contributed by atoms with Gasteiger partial charge in [-0.15, -0.1) is 0 Å². The second-order valence-corrected chi connectivity index (χ2v) is 7.14. The first-order valence-corrected chi connectivity index (χ1v) is 9.19. The Morgan fingerprint density at radius 3 is 2.19 bits per heavy atom. The smallest absolute Gasteiger partial charge is 0.409 e. The molecule has 26 heavy (non-hydrogen) atoms. The van der Waals surface area contributed by atoms with Gasteiger partial charge in [-0.05, 0) is 31.7 Å². The highest BCUT2D eigenvalue weighted by Crippen LogP contribution is 2.22. The second-order valence-electron chi connectivity index (χ2n) is 7.14. The summed E-state index contributed by atoms with van der Waals surface area (Å²) < 4.78 is 5.25. The number of Topliss-reactive ketones (excluding diaryl/α,β-unsaturated/α-hetero) is 1. The summed E-state index contributed by atoms with van der Waals surface area (Å²) in [5.41, 5.74) is 2.62. The van der Waals surface area contributed by atoms with Crippen LogP contribution in [0.15, 0.2) is 0 Å². The third-order valence-electron chi connectivity index (χ3n) is 4.58. The predicted molar refractivity (Wildman–Crippen MR) is 98.6 cm³/mol. The number of ketones is 1. The van der Waals surface area contributed by atoms with Gasteiger partial charge in [-0.1, -0.05) is 20.8 Å². The molecule has 1 fully saturated rings. The van der Waals surface area contributed by atoms with E-state index in [1.54, 1.807) is 9.80 Å². The van der Waals surface area contributed by atoms with Crippen LogP contribution in [0.4, 0.5) is 4.79 Å². The molecular weight excluding hydrogens is 334 g/mol. The zero-order valence-corrected chi connectivity index (χ0v) is 16.3.